The number of hydrogen-bond donors (Lipinski definition) is 2. The van der Waals surface area contributed by atoms with Crippen molar-refractivity contribution in [3.05, 3.63) is 35.3 Å². The predicted octanol–water partition coefficient (Wildman–Crippen LogP) is 1.10. The molecule has 0 aliphatic carbocycles. The van der Waals surface area contributed by atoms with Crippen LogP contribution in [0.4, 0.5) is 11.5 Å². The highest BCUT2D eigenvalue weighted by atomic mass is 16.5. The van der Waals surface area contributed by atoms with Crippen LogP contribution >= 0.6 is 0 Å². The summed E-state index contributed by atoms with van der Waals surface area (Å²) in [5.74, 6) is 0.0772. The third kappa shape index (κ3) is 2.87. The summed E-state index contributed by atoms with van der Waals surface area (Å²) < 4.78 is 6.42. The van der Waals surface area contributed by atoms with Crippen molar-refractivity contribution in [2.75, 3.05) is 18.2 Å². The van der Waals surface area contributed by atoms with Gasteiger partial charge in [0.25, 0.3) is 0 Å². The normalized spacial score (nSPS) is 10.3. The third-order valence-electron chi connectivity index (χ3n) is 2.92. The second-order valence-corrected chi connectivity index (χ2v) is 4.42. The number of pyridine rings is 1. The summed E-state index contributed by atoms with van der Waals surface area (Å²) in [5.41, 5.74) is 8.30. The first kappa shape index (κ1) is 13.9. The smallest absolute Gasteiger partial charge is 0.340 e. The molecule has 0 saturated heterocycles. The number of aromatic nitrogens is 3. The average molecular weight is 275 g/mol. The van der Waals surface area contributed by atoms with Crippen molar-refractivity contribution in [2.24, 2.45) is 7.05 Å². The van der Waals surface area contributed by atoms with Crippen molar-refractivity contribution in [3.63, 3.8) is 0 Å². The number of carbonyl (C=O) groups is 1. The van der Waals surface area contributed by atoms with Crippen molar-refractivity contribution in [1.29, 1.82) is 0 Å². The van der Waals surface area contributed by atoms with Crippen molar-refractivity contribution in [2.45, 2.75) is 13.5 Å². The van der Waals surface area contributed by atoms with E-state index in [1.807, 2.05) is 20.2 Å². The Labute approximate surface area is 116 Å². The molecule has 0 saturated carbocycles. The van der Waals surface area contributed by atoms with Gasteiger partial charge in [-0.05, 0) is 13.0 Å². The lowest BCUT2D eigenvalue weighted by Crippen LogP contribution is -2.09. The summed E-state index contributed by atoms with van der Waals surface area (Å²) in [6.45, 7) is 2.50. The zero-order chi connectivity index (χ0) is 14.7. The summed E-state index contributed by atoms with van der Waals surface area (Å²) in [6.07, 6.45) is 3.37. The number of nitrogens with zero attached hydrogens (tertiary/aromatic N) is 3. The van der Waals surface area contributed by atoms with Gasteiger partial charge in [0.15, 0.2) is 0 Å². The van der Waals surface area contributed by atoms with E-state index in [0.29, 0.717) is 23.6 Å². The molecule has 7 nitrogen and oxygen atoms in total. The molecule has 0 bridgehead atoms. The van der Waals surface area contributed by atoms with Crippen LogP contribution < -0.4 is 11.1 Å². The average Bonchev–Trinajstić information content (AvgIpc) is 2.75. The summed E-state index contributed by atoms with van der Waals surface area (Å²) in [4.78, 5) is 15.7. The molecule has 0 fully saturated rings. The van der Waals surface area contributed by atoms with Crippen LogP contribution in [0.25, 0.3) is 0 Å². The molecule has 0 amide bonds. The minimum Gasteiger partial charge on any atom is -0.465 e. The van der Waals surface area contributed by atoms with E-state index in [0.717, 1.165) is 11.3 Å². The number of hydrogen-bond acceptors (Lipinski definition) is 6. The Balaban J connectivity index is 2.14. The standard InChI is InChI=1S/C13H17N5O2/c1-8-9(7-18(2)17-8)5-15-12-4-10(13(19)20-3)11(14)6-16-12/h4,6-7H,5,14H2,1-3H3,(H,15,16). The van der Waals surface area contributed by atoms with Crippen molar-refractivity contribution in [1.82, 2.24) is 14.8 Å². The minimum absolute atomic E-state index is 0.292. The third-order valence-corrected chi connectivity index (χ3v) is 2.92. The van der Waals surface area contributed by atoms with Crippen LogP contribution in [-0.2, 0) is 18.3 Å². The second-order valence-electron chi connectivity index (χ2n) is 4.42. The van der Waals surface area contributed by atoms with Gasteiger partial charge in [-0.2, -0.15) is 5.10 Å². The zero-order valence-electron chi connectivity index (χ0n) is 11.7. The number of nitrogen functional groups attached to an aromatic ring is 1. The Morgan fingerprint density at radius 3 is 2.90 bits per heavy atom. The highest BCUT2D eigenvalue weighted by Gasteiger charge is 2.12. The van der Waals surface area contributed by atoms with E-state index in [2.05, 4.69) is 20.1 Å². The van der Waals surface area contributed by atoms with Gasteiger partial charge in [-0.25, -0.2) is 9.78 Å². The molecule has 0 atom stereocenters. The van der Waals surface area contributed by atoms with Crippen LogP contribution in [0.2, 0.25) is 0 Å². The molecule has 0 spiro atoms. The van der Waals surface area contributed by atoms with Gasteiger partial charge in [-0.1, -0.05) is 0 Å². The van der Waals surface area contributed by atoms with Crippen molar-refractivity contribution < 1.29 is 9.53 Å². The molecule has 3 N–H and O–H groups in total. The van der Waals surface area contributed by atoms with Crippen molar-refractivity contribution >= 4 is 17.5 Å². The number of nitrogens with one attached hydrogen (secondary N) is 1. The maximum absolute atomic E-state index is 11.5. The fourth-order valence-electron chi connectivity index (χ4n) is 1.86. The Morgan fingerprint density at radius 1 is 1.55 bits per heavy atom. The van der Waals surface area contributed by atoms with Gasteiger partial charge < -0.3 is 15.8 Å². The Kier molecular flexibility index (Phi) is 3.88. The number of nitrogens with two attached hydrogens (primary N) is 1. The monoisotopic (exact) mass is 275 g/mol. The molecule has 2 rings (SSSR count). The molecule has 20 heavy (non-hydrogen) atoms. The zero-order valence-corrected chi connectivity index (χ0v) is 11.7. The Hall–Kier alpha value is -2.57. The Bertz CT molecular complexity index is 636. The van der Waals surface area contributed by atoms with Gasteiger partial charge in [0.2, 0.25) is 0 Å². The molecule has 0 aromatic carbocycles. The number of ether oxygens (including phenoxy) is 1. The lowest BCUT2D eigenvalue weighted by molar-refractivity contribution is 0.0602. The molecule has 106 valence electrons. The second kappa shape index (κ2) is 5.60. The molecule has 0 unspecified atom stereocenters. The summed E-state index contributed by atoms with van der Waals surface area (Å²) in [7, 11) is 3.18. The topological polar surface area (TPSA) is 95.1 Å². The quantitative estimate of drug-likeness (QED) is 0.811. The highest BCUT2D eigenvalue weighted by Crippen LogP contribution is 2.17. The van der Waals surface area contributed by atoms with E-state index < -0.39 is 5.97 Å². The summed E-state index contributed by atoms with van der Waals surface area (Å²) >= 11 is 0. The molecule has 0 aliphatic rings. The van der Waals surface area contributed by atoms with Crippen LogP contribution in [-0.4, -0.2) is 27.8 Å². The van der Waals surface area contributed by atoms with Crippen LogP contribution in [0.1, 0.15) is 21.6 Å². The number of methoxy groups -OCH3 is 1. The molecule has 7 heteroatoms. The summed E-state index contributed by atoms with van der Waals surface area (Å²) in [6, 6.07) is 1.58. The van der Waals surface area contributed by atoms with Crippen LogP contribution in [0.5, 0.6) is 0 Å². The largest absolute Gasteiger partial charge is 0.465 e. The van der Waals surface area contributed by atoms with Crippen LogP contribution in [0.15, 0.2) is 18.5 Å². The first-order chi connectivity index (χ1) is 9.51. The molecule has 2 heterocycles. The van der Waals surface area contributed by atoms with E-state index >= 15 is 0 Å². The van der Waals surface area contributed by atoms with E-state index in [9.17, 15) is 4.79 Å². The lowest BCUT2D eigenvalue weighted by Gasteiger charge is -2.08. The van der Waals surface area contributed by atoms with E-state index in [4.69, 9.17) is 5.73 Å². The van der Waals surface area contributed by atoms with Gasteiger partial charge in [-0.15, -0.1) is 0 Å². The number of esters is 1. The van der Waals surface area contributed by atoms with Gasteiger partial charge >= 0.3 is 5.97 Å². The first-order valence-corrected chi connectivity index (χ1v) is 6.08. The van der Waals surface area contributed by atoms with E-state index in [1.165, 1.54) is 13.3 Å². The fourth-order valence-corrected chi connectivity index (χ4v) is 1.86. The predicted molar refractivity (Wildman–Crippen MR) is 75.3 cm³/mol. The summed E-state index contributed by atoms with van der Waals surface area (Å²) in [5, 5.41) is 7.39. The van der Waals surface area contributed by atoms with Gasteiger partial charge in [0, 0.05) is 25.4 Å². The lowest BCUT2D eigenvalue weighted by atomic mass is 10.2. The molecular formula is C13H17N5O2. The van der Waals surface area contributed by atoms with Gasteiger partial charge in [-0.3, -0.25) is 4.68 Å². The SMILES string of the molecule is COC(=O)c1cc(NCc2cn(C)nc2C)ncc1N. The number of anilines is 2. The van der Waals surface area contributed by atoms with Crippen molar-refractivity contribution in [3.8, 4) is 0 Å². The Morgan fingerprint density at radius 2 is 2.30 bits per heavy atom. The molecule has 2 aromatic heterocycles. The fraction of sp³-hybridized carbons (Fsp3) is 0.308. The van der Waals surface area contributed by atoms with E-state index in [-0.39, 0.29) is 0 Å². The molecular weight excluding hydrogens is 258 g/mol. The molecule has 0 aliphatic heterocycles. The van der Waals surface area contributed by atoms with Gasteiger partial charge in [0.1, 0.15) is 5.82 Å². The molecule has 2 aromatic rings. The molecule has 0 radical (unpaired) electrons. The van der Waals surface area contributed by atoms with Gasteiger partial charge in [0.05, 0.1) is 30.3 Å². The van der Waals surface area contributed by atoms with Crippen LogP contribution in [0, 0.1) is 6.92 Å². The first-order valence-electron chi connectivity index (χ1n) is 6.08. The number of carbonyl (C=O) groups excluding carboxylic acids is 1. The number of aryl methyl sites for hydroxylation is 2. The maximum atomic E-state index is 11.5. The maximum Gasteiger partial charge on any atom is 0.340 e. The highest BCUT2D eigenvalue weighted by molar-refractivity contribution is 5.95. The van der Waals surface area contributed by atoms with E-state index in [1.54, 1.807) is 10.7 Å². The minimum atomic E-state index is -0.481. The number of rotatable bonds is 4. The van der Waals surface area contributed by atoms with Crippen LogP contribution in [0.3, 0.4) is 0 Å².